The number of pyridine rings is 1. The van der Waals surface area contributed by atoms with Crippen molar-refractivity contribution < 1.29 is 4.74 Å². The van der Waals surface area contributed by atoms with E-state index >= 15 is 0 Å². The molecule has 0 saturated heterocycles. The van der Waals surface area contributed by atoms with Gasteiger partial charge in [-0.05, 0) is 19.1 Å². The standard InChI is InChI=1S/C11H11ClN2OS/c1-8-10(16-7-14-8)4-6-15-9-3-2-5-13-11(9)12/h2-3,5,7H,4,6H2,1H3. The van der Waals surface area contributed by atoms with Crippen LogP contribution in [0.4, 0.5) is 0 Å². The van der Waals surface area contributed by atoms with Gasteiger partial charge in [-0.15, -0.1) is 11.3 Å². The molecule has 0 saturated carbocycles. The van der Waals surface area contributed by atoms with Crippen LogP contribution in [-0.2, 0) is 6.42 Å². The molecule has 0 aliphatic carbocycles. The Morgan fingerprint density at radius 3 is 3.00 bits per heavy atom. The Hall–Kier alpha value is -1.13. The second-order valence-corrected chi connectivity index (χ2v) is 4.55. The molecule has 5 heteroatoms. The van der Waals surface area contributed by atoms with E-state index in [9.17, 15) is 0 Å². The second-order valence-electron chi connectivity index (χ2n) is 3.25. The van der Waals surface area contributed by atoms with Gasteiger partial charge in [-0.25, -0.2) is 9.97 Å². The largest absolute Gasteiger partial charge is 0.490 e. The molecule has 2 aromatic rings. The molecular formula is C11H11ClN2OS. The maximum absolute atomic E-state index is 5.87. The summed E-state index contributed by atoms with van der Waals surface area (Å²) in [5, 5.41) is 0.406. The predicted octanol–water partition coefficient (Wildman–Crippen LogP) is 3.12. The Bertz CT molecular complexity index is 473. The molecular weight excluding hydrogens is 244 g/mol. The Morgan fingerprint density at radius 1 is 1.44 bits per heavy atom. The molecule has 2 rings (SSSR count). The molecule has 2 aromatic heterocycles. The quantitative estimate of drug-likeness (QED) is 0.787. The third-order valence-electron chi connectivity index (χ3n) is 2.16. The van der Waals surface area contributed by atoms with E-state index in [1.807, 2.05) is 18.5 Å². The van der Waals surface area contributed by atoms with E-state index in [2.05, 4.69) is 9.97 Å². The van der Waals surface area contributed by atoms with Crippen molar-refractivity contribution in [2.75, 3.05) is 6.61 Å². The highest BCUT2D eigenvalue weighted by molar-refractivity contribution is 7.09. The lowest BCUT2D eigenvalue weighted by Gasteiger charge is -2.06. The minimum atomic E-state index is 0.406. The van der Waals surface area contributed by atoms with E-state index in [0.29, 0.717) is 17.5 Å². The van der Waals surface area contributed by atoms with Crippen LogP contribution in [0.15, 0.2) is 23.8 Å². The van der Waals surface area contributed by atoms with Crippen LogP contribution in [0.25, 0.3) is 0 Å². The molecule has 0 atom stereocenters. The van der Waals surface area contributed by atoms with Gasteiger partial charge in [0, 0.05) is 17.5 Å². The molecule has 0 aromatic carbocycles. The van der Waals surface area contributed by atoms with Crippen LogP contribution in [0.2, 0.25) is 5.15 Å². The van der Waals surface area contributed by atoms with Crippen molar-refractivity contribution in [3.63, 3.8) is 0 Å². The molecule has 3 nitrogen and oxygen atoms in total. The van der Waals surface area contributed by atoms with Gasteiger partial charge in [-0.3, -0.25) is 0 Å². The minimum Gasteiger partial charge on any atom is -0.490 e. The van der Waals surface area contributed by atoms with Crippen LogP contribution in [0.1, 0.15) is 10.6 Å². The molecule has 16 heavy (non-hydrogen) atoms. The van der Waals surface area contributed by atoms with E-state index in [-0.39, 0.29) is 0 Å². The van der Waals surface area contributed by atoms with Crippen molar-refractivity contribution in [1.29, 1.82) is 0 Å². The van der Waals surface area contributed by atoms with E-state index in [1.165, 1.54) is 4.88 Å². The molecule has 84 valence electrons. The van der Waals surface area contributed by atoms with Gasteiger partial charge >= 0.3 is 0 Å². The summed E-state index contributed by atoms with van der Waals surface area (Å²) in [5.74, 6) is 0.631. The molecule has 0 aliphatic rings. The zero-order chi connectivity index (χ0) is 11.4. The first-order chi connectivity index (χ1) is 7.77. The Kier molecular flexibility index (Phi) is 3.74. The van der Waals surface area contributed by atoms with E-state index in [1.54, 1.807) is 23.6 Å². The number of thiazole rings is 1. The maximum Gasteiger partial charge on any atom is 0.171 e. The lowest BCUT2D eigenvalue weighted by molar-refractivity contribution is 0.321. The zero-order valence-electron chi connectivity index (χ0n) is 8.81. The molecule has 0 spiro atoms. The molecule has 0 bridgehead atoms. The fourth-order valence-corrected chi connectivity index (χ4v) is 2.24. The van der Waals surface area contributed by atoms with Crippen molar-refractivity contribution in [1.82, 2.24) is 9.97 Å². The van der Waals surface area contributed by atoms with Gasteiger partial charge in [0.15, 0.2) is 10.9 Å². The summed E-state index contributed by atoms with van der Waals surface area (Å²) in [4.78, 5) is 9.38. The first kappa shape index (κ1) is 11.4. The number of hydrogen-bond donors (Lipinski definition) is 0. The van der Waals surface area contributed by atoms with Crippen molar-refractivity contribution in [3.8, 4) is 5.75 Å². The van der Waals surface area contributed by atoms with E-state index in [0.717, 1.165) is 12.1 Å². The number of halogens is 1. The van der Waals surface area contributed by atoms with Crippen LogP contribution >= 0.6 is 22.9 Å². The van der Waals surface area contributed by atoms with Crippen LogP contribution in [0, 0.1) is 6.92 Å². The molecule has 0 aliphatic heterocycles. The molecule has 0 fully saturated rings. The summed E-state index contributed by atoms with van der Waals surface area (Å²) < 4.78 is 5.55. The molecule has 0 amide bonds. The van der Waals surface area contributed by atoms with Crippen molar-refractivity contribution in [2.24, 2.45) is 0 Å². The number of nitrogens with zero attached hydrogens (tertiary/aromatic N) is 2. The average molecular weight is 255 g/mol. The van der Waals surface area contributed by atoms with Crippen LogP contribution in [-0.4, -0.2) is 16.6 Å². The minimum absolute atomic E-state index is 0.406. The fourth-order valence-electron chi connectivity index (χ4n) is 1.30. The summed E-state index contributed by atoms with van der Waals surface area (Å²) in [6.07, 6.45) is 2.49. The van der Waals surface area contributed by atoms with Crippen LogP contribution in [0.3, 0.4) is 0 Å². The molecule has 0 unspecified atom stereocenters. The van der Waals surface area contributed by atoms with Crippen LogP contribution < -0.4 is 4.74 Å². The van der Waals surface area contributed by atoms with E-state index in [4.69, 9.17) is 16.3 Å². The average Bonchev–Trinajstić information content (AvgIpc) is 2.67. The fraction of sp³-hybridized carbons (Fsp3) is 0.273. The topological polar surface area (TPSA) is 35.0 Å². The number of aryl methyl sites for hydroxylation is 1. The Balaban J connectivity index is 1.89. The smallest absolute Gasteiger partial charge is 0.171 e. The highest BCUT2D eigenvalue weighted by atomic mass is 35.5. The normalized spacial score (nSPS) is 10.4. The van der Waals surface area contributed by atoms with Gasteiger partial charge < -0.3 is 4.74 Å². The summed E-state index contributed by atoms with van der Waals surface area (Å²) >= 11 is 7.52. The third-order valence-corrected chi connectivity index (χ3v) is 3.44. The number of hydrogen-bond acceptors (Lipinski definition) is 4. The number of rotatable bonds is 4. The molecule has 0 N–H and O–H groups in total. The number of ether oxygens (including phenoxy) is 1. The second kappa shape index (κ2) is 5.27. The number of aromatic nitrogens is 2. The maximum atomic E-state index is 5.87. The third kappa shape index (κ3) is 2.71. The van der Waals surface area contributed by atoms with Gasteiger partial charge in [0.1, 0.15) is 0 Å². The van der Waals surface area contributed by atoms with Crippen molar-refractivity contribution in [3.05, 3.63) is 39.6 Å². The van der Waals surface area contributed by atoms with Gasteiger partial charge in [-0.2, -0.15) is 0 Å². The summed E-state index contributed by atoms with van der Waals surface area (Å²) in [5.41, 5.74) is 2.92. The van der Waals surface area contributed by atoms with Crippen molar-refractivity contribution in [2.45, 2.75) is 13.3 Å². The van der Waals surface area contributed by atoms with Gasteiger partial charge in [0.2, 0.25) is 0 Å². The summed E-state index contributed by atoms with van der Waals surface area (Å²) in [6.45, 7) is 2.59. The molecule has 2 heterocycles. The van der Waals surface area contributed by atoms with E-state index < -0.39 is 0 Å². The van der Waals surface area contributed by atoms with Crippen LogP contribution in [0.5, 0.6) is 5.75 Å². The zero-order valence-corrected chi connectivity index (χ0v) is 10.4. The predicted molar refractivity (Wildman–Crippen MR) is 65.3 cm³/mol. The van der Waals surface area contributed by atoms with Crippen molar-refractivity contribution >= 4 is 22.9 Å². The first-order valence-corrected chi connectivity index (χ1v) is 6.15. The highest BCUT2D eigenvalue weighted by Crippen LogP contribution is 2.21. The lowest BCUT2D eigenvalue weighted by atomic mass is 10.3. The Labute approximate surface area is 103 Å². The summed E-state index contributed by atoms with van der Waals surface area (Å²) in [7, 11) is 0. The lowest BCUT2D eigenvalue weighted by Crippen LogP contribution is -2.01. The van der Waals surface area contributed by atoms with Gasteiger partial charge in [0.25, 0.3) is 0 Å². The summed E-state index contributed by atoms with van der Waals surface area (Å²) in [6, 6.07) is 3.62. The SMILES string of the molecule is Cc1ncsc1CCOc1cccnc1Cl. The molecule has 0 radical (unpaired) electrons. The first-order valence-electron chi connectivity index (χ1n) is 4.89. The van der Waals surface area contributed by atoms with Gasteiger partial charge in [0.05, 0.1) is 17.8 Å². The highest BCUT2D eigenvalue weighted by Gasteiger charge is 2.04. The Morgan fingerprint density at radius 2 is 2.31 bits per heavy atom. The monoisotopic (exact) mass is 254 g/mol. The van der Waals surface area contributed by atoms with Gasteiger partial charge in [-0.1, -0.05) is 11.6 Å².